The van der Waals surface area contributed by atoms with Gasteiger partial charge in [0, 0.05) is 44.8 Å². The van der Waals surface area contributed by atoms with Gasteiger partial charge in [0.2, 0.25) is 0 Å². The number of nitro groups is 1. The Morgan fingerprint density at radius 2 is 1.88 bits per heavy atom. The van der Waals surface area contributed by atoms with Gasteiger partial charge in [0.05, 0.1) is 0 Å². The Hall–Kier alpha value is -2.74. The molecule has 2 aromatic rings. The molecule has 0 bridgehead atoms. The molecule has 1 aliphatic heterocycles. The van der Waals surface area contributed by atoms with E-state index in [2.05, 4.69) is 15.1 Å². The summed E-state index contributed by atoms with van der Waals surface area (Å²) in [6, 6.07) is 7.32. The first kappa shape index (κ1) is 16.1. The Labute approximate surface area is 143 Å². The van der Waals surface area contributed by atoms with E-state index in [0.29, 0.717) is 37.3 Å². The van der Waals surface area contributed by atoms with Crippen LogP contribution in [0.15, 0.2) is 48.0 Å². The first-order valence-electron chi connectivity index (χ1n) is 7.34. The van der Waals surface area contributed by atoms with Crippen molar-refractivity contribution in [3.8, 4) is 0 Å². The zero-order chi connectivity index (χ0) is 16.9. The molecule has 1 fully saturated rings. The molecule has 3 rings (SSSR count). The molecule has 0 saturated carbocycles. The molecule has 0 unspecified atom stereocenters. The second-order valence-corrected chi connectivity index (χ2v) is 5.72. The summed E-state index contributed by atoms with van der Waals surface area (Å²) in [5.74, 6) is 0.346. The zero-order valence-electron chi connectivity index (χ0n) is 12.7. The van der Waals surface area contributed by atoms with Gasteiger partial charge in [-0.2, -0.15) is 0 Å². The lowest BCUT2D eigenvalue weighted by Gasteiger charge is -2.20. The molecule has 0 spiro atoms. The Balaban J connectivity index is 1.77. The fourth-order valence-electron chi connectivity index (χ4n) is 2.57. The molecule has 24 heavy (non-hydrogen) atoms. The standard InChI is InChI=1S/C15H15ClN6O2/c16-14-4-3-13(9-18-14)11-21-7-6-20(15(21)19-22(23)24)10-12-2-1-5-17-8-12/h1-5,8-9H,6-7,10-11H2. The van der Waals surface area contributed by atoms with E-state index in [9.17, 15) is 10.1 Å². The fourth-order valence-corrected chi connectivity index (χ4v) is 2.68. The molecule has 0 amide bonds. The van der Waals surface area contributed by atoms with Gasteiger partial charge in [-0.15, -0.1) is 0 Å². The number of nitrogens with zero attached hydrogens (tertiary/aromatic N) is 6. The van der Waals surface area contributed by atoms with E-state index >= 15 is 0 Å². The molecular weight excluding hydrogens is 332 g/mol. The third-order valence-corrected chi connectivity index (χ3v) is 3.86. The summed E-state index contributed by atoms with van der Waals surface area (Å²) in [4.78, 5) is 22.8. The van der Waals surface area contributed by atoms with Gasteiger partial charge in [-0.1, -0.05) is 23.7 Å². The summed E-state index contributed by atoms with van der Waals surface area (Å²) in [6.07, 6.45) is 5.10. The van der Waals surface area contributed by atoms with E-state index in [-0.39, 0.29) is 0 Å². The first-order valence-corrected chi connectivity index (χ1v) is 7.72. The monoisotopic (exact) mass is 346 g/mol. The fraction of sp³-hybridized carbons (Fsp3) is 0.267. The van der Waals surface area contributed by atoms with Crippen LogP contribution in [0.3, 0.4) is 0 Å². The van der Waals surface area contributed by atoms with E-state index in [4.69, 9.17) is 11.6 Å². The topological polar surface area (TPSA) is 87.8 Å². The van der Waals surface area contributed by atoms with E-state index in [1.807, 2.05) is 28.0 Å². The highest BCUT2D eigenvalue weighted by atomic mass is 35.5. The lowest BCUT2D eigenvalue weighted by atomic mass is 10.2. The van der Waals surface area contributed by atoms with Crippen molar-refractivity contribution in [2.75, 3.05) is 13.1 Å². The van der Waals surface area contributed by atoms with E-state index in [1.165, 1.54) is 0 Å². The van der Waals surface area contributed by atoms with Crippen molar-refractivity contribution in [1.82, 2.24) is 19.8 Å². The molecule has 9 heteroatoms. The van der Waals surface area contributed by atoms with Gasteiger partial charge in [-0.05, 0) is 23.3 Å². The molecule has 8 nitrogen and oxygen atoms in total. The van der Waals surface area contributed by atoms with Crippen molar-refractivity contribution in [3.63, 3.8) is 0 Å². The summed E-state index contributed by atoms with van der Waals surface area (Å²) >= 11 is 5.79. The Kier molecular flexibility index (Phi) is 4.85. The molecule has 1 aliphatic rings. The minimum absolute atomic E-state index is 0.346. The number of guanidine groups is 1. The van der Waals surface area contributed by atoms with Gasteiger partial charge < -0.3 is 9.80 Å². The van der Waals surface area contributed by atoms with Gasteiger partial charge in [-0.3, -0.25) is 4.98 Å². The van der Waals surface area contributed by atoms with Crippen LogP contribution >= 0.6 is 11.6 Å². The van der Waals surface area contributed by atoms with Crippen LogP contribution in [-0.4, -0.2) is 43.8 Å². The van der Waals surface area contributed by atoms with Crippen LogP contribution < -0.4 is 0 Å². The van der Waals surface area contributed by atoms with E-state index in [1.54, 1.807) is 24.7 Å². The number of hydrogen-bond donors (Lipinski definition) is 0. The van der Waals surface area contributed by atoms with Gasteiger partial charge in [-0.25, -0.2) is 15.1 Å². The molecule has 0 aliphatic carbocycles. The average molecular weight is 347 g/mol. The Morgan fingerprint density at radius 3 is 2.42 bits per heavy atom. The van der Waals surface area contributed by atoms with Crippen LogP contribution in [0.1, 0.15) is 11.1 Å². The van der Waals surface area contributed by atoms with Crippen LogP contribution in [0.4, 0.5) is 0 Å². The largest absolute Gasteiger partial charge is 0.331 e. The molecule has 0 aromatic carbocycles. The molecule has 0 atom stereocenters. The number of hydrazone groups is 1. The summed E-state index contributed by atoms with van der Waals surface area (Å²) in [7, 11) is 0. The van der Waals surface area contributed by atoms with Gasteiger partial charge in [0.25, 0.3) is 5.96 Å². The van der Waals surface area contributed by atoms with Crippen molar-refractivity contribution in [2.45, 2.75) is 13.1 Å². The van der Waals surface area contributed by atoms with Gasteiger partial charge >= 0.3 is 0 Å². The quantitative estimate of drug-likeness (QED) is 0.467. The minimum Gasteiger partial charge on any atom is -0.331 e. The number of hydrogen-bond acceptors (Lipinski definition) is 4. The van der Waals surface area contributed by atoms with Crippen LogP contribution in [0.25, 0.3) is 0 Å². The normalized spacial score (nSPS) is 16.0. The predicted molar refractivity (Wildman–Crippen MR) is 88.7 cm³/mol. The van der Waals surface area contributed by atoms with Crippen LogP contribution in [0.5, 0.6) is 0 Å². The maximum Gasteiger partial charge on any atom is 0.274 e. The smallest absolute Gasteiger partial charge is 0.274 e. The predicted octanol–water partition coefficient (Wildman–Crippen LogP) is 2.00. The lowest BCUT2D eigenvalue weighted by molar-refractivity contribution is -0.486. The highest BCUT2D eigenvalue weighted by molar-refractivity contribution is 6.29. The van der Waals surface area contributed by atoms with Crippen molar-refractivity contribution >= 4 is 17.6 Å². The highest BCUT2D eigenvalue weighted by Crippen LogP contribution is 2.17. The van der Waals surface area contributed by atoms with Crippen molar-refractivity contribution in [1.29, 1.82) is 0 Å². The summed E-state index contributed by atoms with van der Waals surface area (Å²) in [5.41, 5.74) is 1.89. The van der Waals surface area contributed by atoms with Crippen LogP contribution in [0, 0.1) is 10.1 Å². The zero-order valence-corrected chi connectivity index (χ0v) is 13.5. The third-order valence-electron chi connectivity index (χ3n) is 3.63. The second-order valence-electron chi connectivity index (χ2n) is 5.33. The number of pyridine rings is 2. The van der Waals surface area contributed by atoms with Crippen molar-refractivity contribution in [3.05, 3.63) is 69.3 Å². The molecule has 1 saturated heterocycles. The summed E-state index contributed by atoms with van der Waals surface area (Å²) in [5, 5.41) is 14.2. The maximum atomic E-state index is 10.9. The number of aromatic nitrogens is 2. The molecule has 0 N–H and O–H groups in total. The van der Waals surface area contributed by atoms with Crippen LogP contribution in [0.2, 0.25) is 5.15 Å². The van der Waals surface area contributed by atoms with Crippen LogP contribution in [-0.2, 0) is 13.1 Å². The molecule has 3 heterocycles. The molecular formula is C15H15ClN6O2. The summed E-state index contributed by atoms with van der Waals surface area (Å²) in [6.45, 7) is 2.31. The minimum atomic E-state index is -0.663. The van der Waals surface area contributed by atoms with E-state index < -0.39 is 5.03 Å². The van der Waals surface area contributed by atoms with Gasteiger partial charge in [0.15, 0.2) is 5.03 Å². The average Bonchev–Trinajstić information content (AvgIpc) is 2.92. The molecule has 2 aromatic heterocycles. The molecule has 0 radical (unpaired) electrons. The van der Waals surface area contributed by atoms with E-state index in [0.717, 1.165) is 11.1 Å². The Bertz CT molecular complexity index is 737. The summed E-state index contributed by atoms with van der Waals surface area (Å²) < 4.78 is 0. The van der Waals surface area contributed by atoms with Crippen molar-refractivity contribution in [2.24, 2.45) is 5.10 Å². The Morgan fingerprint density at radius 1 is 1.17 bits per heavy atom. The lowest BCUT2D eigenvalue weighted by Crippen LogP contribution is -2.34. The maximum absolute atomic E-state index is 10.9. The number of rotatable bonds is 5. The third kappa shape index (κ3) is 3.96. The van der Waals surface area contributed by atoms with Gasteiger partial charge in [0.1, 0.15) is 10.3 Å². The second kappa shape index (κ2) is 7.22. The number of halogens is 1. The highest BCUT2D eigenvalue weighted by Gasteiger charge is 2.29. The first-order chi connectivity index (χ1) is 11.6. The van der Waals surface area contributed by atoms with Crippen molar-refractivity contribution < 1.29 is 5.03 Å². The molecule has 124 valence electrons. The SMILES string of the molecule is O=[N+]([O-])N=C1N(Cc2cccnc2)CCN1Cc1ccc(Cl)nc1.